The topological polar surface area (TPSA) is 93.2 Å². The van der Waals surface area contributed by atoms with Gasteiger partial charge in [-0.25, -0.2) is 8.42 Å². The fourth-order valence-electron chi connectivity index (χ4n) is 2.32. The molecule has 0 aliphatic carbocycles. The third-order valence-electron chi connectivity index (χ3n) is 3.57. The van der Waals surface area contributed by atoms with Gasteiger partial charge in [0.1, 0.15) is 5.75 Å². The fraction of sp³-hybridized carbons (Fsp3) is 0.111. The molecule has 2 aromatic carbocycles. The van der Waals surface area contributed by atoms with Crippen LogP contribution in [-0.2, 0) is 10.0 Å². The predicted molar refractivity (Wildman–Crippen MR) is 100 cm³/mol. The minimum absolute atomic E-state index is 0.136. The summed E-state index contributed by atoms with van der Waals surface area (Å²) in [7, 11) is -2.13. The van der Waals surface area contributed by atoms with Crippen molar-refractivity contribution in [3.8, 4) is 5.75 Å². The van der Waals surface area contributed by atoms with Crippen LogP contribution in [0.15, 0.2) is 65.6 Å². The zero-order chi connectivity index (χ0) is 18.6. The molecule has 0 aliphatic heterocycles. The molecule has 7 nitrogen and oxygen atoms in total. The van der Waals surface area contributed by atoms with E-state index in [1.807, 2.05) is 37.3 Å². The average Bonchev–Trinajstić information content (AvgIpc) is 2.63. The number of methoxy groups -OCH3 is 1. The Morgan fingerprint density at radius 3 is 2.35 bits per heavy atom. The van der Waals surface area contributed by atoms with Gasteiger partial charge in [0.2, 0.25) is 0 Å². The summed E-state index contributed by atoms with van der Waals surface area (Å²) in [5.74, 6) is 1.27. The molecule has 0 bridgehead atoms. The molecule has 3 aromatic rings. The standard InChI is InChI=1S/C18H18N4O3S/c1-13-6-5-7-14(12-13)26(23,24)22-18-11-10-17(20-21-18)19-15-8-3-4-9-16(15)25-2/h3-12H,1-2H3,(H,19,20)(H,21,22). The molecule has 8 heteroatoms. The van der Waals surface area contributed by atoms with Gasteiger partial charge < -0.3 is 10.1 Å². The zero-order valence-electron chi connectivity index (χ0n) is 14.3. The Hall–Kier alpha value is -3.13. The second kappa shape index (κ2) is 7.40. The highest BCUT2D eigenvalue weighted by Gasteiger charge is 2.15. The largest absolute Gasteiger partial charge is 0.495 e. The Balaban J connectivity index is 1.75. The maximum atomic E-state index is 12.4. The minimum atomic E-state index is -3.71. The first kappa shape index (κ1) is 17.7. The molecule has 0 spiro atoms. The van der Waals surface area contributed by atoms with Gasteiger partial charge in [0.25, 0.3) is 10.0 Å². The van der Waals surface area contributed by atoms with Gasteiger partial charge in [0, 0.05) is 0 Å². The maximum absolute atomic E-state index is 12.4. The number of nitrogens with one attached hydrogen (secondary N) is 2. The number of aromatic nitrogens is 2. The van der Waals surface area contributed by atoms with Crippen LogP contribution in [0.25, 0.3) is 0 Å². The van der Waals surface area contributed by atoms with Crippen LogP contribution in [0, 0.1) is 6.92 Å². The van der Waals surface area contributed by atoms with Crippen LogP contribution in [0.1, 0.15) is 5.56 Å². The highest BCUT2D eigenvalue weighted by molar-refractivity contribution is 7.92. The smallest absolute Gasteiger partial charge is 0.263 e. The van der Waals surface area contributed by atoms with E-state index in [1.54, 1.807) is 25.3 Å². The van der Waals surface area contributed by atoms with Gasteiger partial charge in [-0.3, -0.25) is 4.72 Å². The van der Waals surface area contributed by atoms with Crippen molar-refractivity contribution in [3.05, 3.63) is 66.2 Å². The SMILES string of the molecule is COc1ccccc1Nc1ccc(NS(=O)(=O)c2cccc(C)c2)nn1. The van der Waals surface area contributed by atoms with Crippen LogP contribution in [0.3, 0.4) is 0 Å². The first-order valence-electron chi connectivity index (χ1n) is 7.81. The van der Waals surface area contributed by atoms with Crippen molar-refractivity contribution in [1.29, 1.82) is 0 Å². The number of anilines is 3. The number of sulfonamides is 1. The van der Waals surface area contributed by atoms with Gasteiger partial charge in [-0.1, -0.05) is 24.3 Å². The number of ether oxygens (including phenoxy) is 1. The van der Waals surface area contributed by atoms with Gasteiger partial charge in [-0.15, -0.1) is 10.2 Å². The van der Waals surface area contributed by atoms with Gasteiger partial charge >= 0.3 is 0 Å². The molecule has 134 valence electrons. The molecule has 1 aromatic heterocycles. The van der Waals surface area contributed by atoms with Crippen LogP contribution in [0.2, 0.25) is 0 Å². The van der Waals surface area contributed by atoms with Crippen LogP contribution in [-0.4, -0.2) is 25.7 Å². The van der Waals surface area contributed by atoms with Gasteiger partial charge in [-0.05, 0) is 48.9 Å². The molecule has 0 atom stereocenters. The number of benzene rings is 2. The molecule has 0 amide bonds. The summed E-state index contributed by atoms with van der Waals surface area (Å²) >= 11 is 0. The normalized spacial score (nSPS) is 11.0. The van der Waals surface area contributed by atoms with Crippen molar-refractivity contribution < 1.29 is 13.2 Å². The van der Waals surface area contributed by atoms with E-state index in [2.05, 4.69) is 20.2 Å². The molecule has 2 N–H and O–H groups in total. The Morgan fingerprint density at radius 1 is 0.923 bits per heavy atom. The number of nitrogens with zero attached hydrogens (tertiary/aromatic N) is 2. The lowest BCUT2D eigenvalue weighted by atomic mass is 10.2. The van der Waals surface area contributed by atoms with Crippen LogP contribution >= 0.6 is 0 Å². The van der Waals surface area contributed by atoms with E-state index in [-0.39, 0.29) is 10.7 Å². The van der Waals surface area contributed by atoms with E-state index in [0.717, 1.165) is 11.3 Å². The summed E-state index contributed by atoms with van der Waals surface area (Å²) in [4.78, 5) is 0.176. The van der Waals surface area contributed by atoms with Crippen molar-refractivity contribution in [2.75, 3.05) is 17.1 Å². The number of hydrogen-bond donors (Lipinski definition) is 2. The lowest BCUT2D eigenvalue weighted by Gasteiger charge is -2.11. The third kappa shape index (κ3) is 4.09. The molecule has 0 radical (unpaired) electrons. The lowest BCUT2D eigenvalue weighted by Crippen LogP contribution is -2.14. The molecule has 0 fully saturated rings. The quantitative estimate of drug-likeness (QED) is 0.691. The zero-order valence-corrected chi connectivity index (χ0v) is 15.1. The summed E-state index contributed by atoms with van der Waals surface area (Å²) in [6, 6.07) is 17.2. The first-order valence-corrected chi connectivity index (χ1v) is 9.29. The molecule has 3 rings (SSSR count). The van der Waals surface area contributed by atoms with Gasteiger partial charge in [0.05, 0.1) is 17.7 Å². The van der Waals surface area contributed by atoms with E-state index >= 15 is 0 Å². The Bertz CT molecular complexity index is 1000. The summed E-state index contributed by atoms with van der Waals surface area (Å²) in [6.45, 7) is 1.83. The second-order valence-electron chi connectivity index (χ2n) is 5.55. The van der Waals surface area contributed by atoms with Crippen LogP contribution < -0.4 is 14.8 Å². The predicted octanol–water partition coefficient (Wildman–Crippen LogP) is 3.34. The molecule has 0 saturated carbocycles. The Labute approximate surface area is 152 Å². The first-order chi connectivity index (χ1) is 12.5. The van der Waals surface area contributed by atoms with Crippen molar-refractivity contribution in [1.82, 2.24) is 10.2 Å². The second-order valence-corrected chi connectivity index (χ2v) is 7.23. The highest BCUT2D eigenvalue weighted by Crippen LogP contribution is 2.26. The summed E-state index contributed by atoms with van der Waals surface area (Å²) in [5.41, 5.74) is 1.59. The average molecular weight is 370 g/mol. The van der Waals surface area contributed by atoms with Gasteiger partial charge in [-0.2, -0.15) is 0 Å². The molecule has 26 heavy (non-hydrogen) atoms. The van der Waals surface area contributed by atoms with E-state index in [1.165, 1.54) is 12.1 Å². The Morgan fingerprint density at radius 2 is 1.65 bits per heavy atom. The summed E-state index contributed by atoms with van der Waals surface area (Å²) in [6.07, 6.45) is 0. The van der Waals surface area contributed by atoms with E-state index in [4.69, 9.17) is 4.74 Å². The van der Waals surface area contributed by atoms with Crippen molar-refractivity contribution in [2.24, 2.45) is 0 Å². The highest BCUT2D eigenvalue weighted by atomic mass is 32.2. The van der Waals surface area contributed by atoms with E-state index in [9.17, 15) is 8.42 Å². The van der Waals surface area contributed by atoms with Crippen LogP contribution in [0.4, 0.5) is 17.3 Å². The number of para-hydroxylation sites is 2. The Kier molecular flexibility index (Phi) is 5.04. The molecular weight excluding hydrogens is 352 g/mol. The fourth-order valence-corrected chi connectivity index (χ4v) is 3.42. The van der Waals surface area contributed by atoms with E-state index < -0.39 is 10.0 Å². The number of hydrogen-bond acceptors (Lipinski definition) is 6. The van der Waals surface area contributed by atoms with Crippen molar-refractivity contribution in [3.63, 3.8) is 0 Å². The van der Waals surface area contributed by atoms with Crippen LogP contribution in [0.5, 0.6) is 5.75 Å². The monoisotopic (exact) mass is 370 g/mol. The number of aryl methyl sites for hydroxylation is 1. The molecule has 0 aliphatic rings. The molecule has 0 saturated heterocycles. The lowest BCUT2D eigenvalue weighted by molar-refractivity contribution is 0.417. The van der Waals surface area contributed by atoms with E-state index in [0.29, 0.717) is 11.6 Å². The van der Waals surface area contributed by atoms with Crippen molar-refractivity contribution in [2.45, 2.75) is 11.8 Å². The molecular formula is C18H18N4O3S. The maximum Gasteiger partial charge on any atom is 0.263 e. The van der Waals surface area contributed by atoms with Crippen molar-refractivity contribution >= 4 is 27.3 Å². The molecule has 1 heterocycles. The number of rotatable bonds is 6. The van der Waals surface area contributed by atoms with Gasteiger partial charge in [0.15, 0.2) is 11.6 Å². The minimum Gasteiger partial charge on any atom is -0.495 e. The molecule has 0 unspecified atom stereocenters. The summed E-state index contributed by atoms with van der Waals surface area (Å²) in [5, 5.41) is 11.0. The third-order valence-corrected chi connectivity index (χ3v) is 4.93. The summed E-state index contributed by atoms with van der Waals surface area (Å²) < 4.78 is 32.5.